The van der Waals surface area contributed by atoms with Crippen LogP contribution in [0.25, 0.3) is 4.91 Å². The second kappa shape index (κ2) is 8.44. The van der Waals surface area contributed by atoms with Crippen molar-refractivity contribution in [2.75, 3.05) is 11.9 Å². The Bertz CT molecular complexity index is 886. The average molecular weight is 408 g/mol. The van der Waals surface area contributed by atoms with Crippen LogP contribution in [0.5, 0.6) is 0 Å². The Hall–Kier alpha value is -1.53. The number of aliphatic hydroxyl groups excluding tert-OH is 1. The molecule has 0 fully saturated rings. The maximum absolute atomic E-state index is 13.1. The number of nitrogens with zero attached hydrogens (tertiary/aromatic N) is 1. The standard InChI is InChI=1S/C20H22ClNO2S2/c1-7-25-14(5)16-9-15(17(10-23)26-16)20(24)22(6)19-12(3)8-11(2)18(21)13(19)4/h7-9,23H,1,5,10H2,2-4,6H3. The van der Waals surface area contributed by atoms with Gasteiger partial charge in [0.2, 0.25) is 0 Å². The predicted molar refractivity (Wildman–Crippen MR) is 115 cm³/mol. The van der Waals surface area contributed by atoms with Gasteiger partial charge in [0.05, 0.1) is 17.9 Å². The molecule has 0 saturated carbocycles. The van der Waals surface area contributed by atoms with E-state index in [9.17, 15) is 9.90 Å². The molecular weight excluding hydrogens is 386 g/mol. The van der Waals surface area contributed by atoms with Gasteiger partial charge in [-0.2, -0.15) is 0 Å². The zero-order valence-corrected chi connectivity index (χ0v) is 17.7. The fourth-order valence-electron chi connectivity index (χ4n) is 2.97. The minimum absolute atomic E-state index is 0.181. The molecule has 0 spiro atoms. The molecule has 0 saturated heterocycles. The first-order chi connectivity index (χ1) is 12.2. The van der Waals surface area contributed by atoms with E-state index in [1.165, 1.54) is 23.1 Å². The number of hydrogen-bond acceptors (Lipinski definition) is 4. The second-order valence-corrected chi connectivity index (χ2v) is 8.55. The van der Waals surface area contributed by atoms with Crippen LogP contribution in [0.15, 0.2) is 30.7 Å². The molecule has 6 heteroatoms. The number of hydrogen-bond donors (Lipinski definition) is 1. The van der Waals surface area contributed by atoms with Crippen molar-refractivity contribution in [2.24, 2.45) is 0 Å². The molecule has 2 rings (SSSR count). The number of aryl methyl sites for hydroxylation is 2. The van der Waals surface area contributed by atoms with E-state index in [1.807, 2.05) is 26.8 Å². The summed E-state index contributed by atoms with van der Waals surface area (Å²) in [6.07, 6.45) is 0. The average Bonchev–Trinajstić information content (AvgIpc) is 3.03. The molecule has 0 aliphatic heterocycles. The lowest BCUT2D eigenvalue weighted by atomic mass is 10.0. The van der Waals surface area contributed by atoms with Gasteiger partial charge in [0.25, 0.3) is 5.91 Å². The van der Waals surface area contributed by atoms with Crippen molar-refractivity contribution in [3.63, 3.8) is 0 Å². The van der Waals surface area contributed by atoms with Crippen LogP contribution in [0.4, 0.5) is 5.69 Å². The molecule has 3 nitrogen and oxygen atoms in total. The van der Waals surface area contributed by atoms with E-state index in [1.54, 1.807) is 23.4 Å². The summed E-state index contributed by atoms with van der Waals surface area (Å²) in [4.78, 5) is 17.0. The number of carbonyl (C=O) groups excluding carboxylic acids is 1. The fraction of sp³-hybridized carbons (Fsp3) is 0.250. The topological polar surface area (TPSA) is 40.5 Å². The molecule has 0 aliphatic carbocycles. The van der Waals surface area contributed by atoms with E-state index in [0.717, 1.165) is 32.2 Å². The van der Waals surface area contributed by atoms with Crippen molar-refractivity contribution in [3.05, 3.63) is 67.7 Å². The molecule has 1 N–H and O–H groups in total. The first-order valence-corrected chi connectivity index (χ1v) is 10.0. The molecule has 138 valence electrons. The van der Waals surface area contributed by atoms with E-state index >= 15 is 0 Å². The number of carbonyl (C=O) groups is 1. The van der Waals surface area contributed by atoms with Crippen molar-refractivity contribution in [2.45, 2.75) is 27.4 Å². The summed E-state index contributed by atoms with van der Waals surface area (Å²) in [5.41, 5.74) is 4.11. The number of aliphatic hydroxyl groups is 1. The number of amides is 1. The molecule has 1 heterocycles. The number of thiophene rings is 1. The zero-order chi connectivity index (χ0) is 19.6. The van der Waals surface area contributed by atoms with Crippen LogP contribution in [-0.4, -0.2) is 18.1 Å². The second-order valence-electron chi connectivity index (χ2n) is 5.98. The normalized spacial score (nSPS) is 10.7. The third-order valence-corrected chi connectivity index (χ3v) is 6.72. The van der Waals surface area contributed by atoms with Gasteiger partial charge in [-0.05, 0) is 48.9 Å². The molecular formula is C20H22ClNO2S2. The molecule has 1 aromatic carbocycles. The Morgan fingerprint density at radius 3 is 2.58 bits per heavy atom. The van der Waals surface area contributed by atoms with Gasteiger partial charge < -0.3 is 10.0 Å². The van der Waals surface area contributed by atoms with Gasteiger partial charge in [-0.15, -0.1) is 11.3 Å². The third kappa shape index (κ3) is 3.91. The summed E-state index contributed by atoms with van der Waals surface area (Å²) in [5, 5.41) is 12.0. The number of halogens is 1. The molecule has 26 heavy (non-hydrogen) atoms. The first-order valence-electron chi connectivity index (χ1n) is 7.97. The van der Waals surface area contributed by atoms with Gasteiger partial charge in [0.1, 0.15) is 0 Å². The third-order valence-electron chi connectivity index (χ3n) is 4.16. The Kier molecular flexibility index (Phi) is 6.74. The van der Waals surface area contributed by atoms with Gasteiger partial charge in [0.15, 0.2) is 0 Å². The van der Waals surface area contributed by atoms with E-state index in [-0.39, 0.29) is 12.5 Å². The van der Waals surface area contributed by atoms with Crippen molar-refractivity contribution in [3.8, 4) is 0 Å². The van der Waals surface area contributed by atoms with Gasteiger partial charge in [-0.1, -0.05) is 42.6 Å². The summed E-state index contributed by atoms with van der Waals surface area (Å²) >= 11 is 9.16. The summed E-state index contributed by atoms with van der Waals surface area (Å²) in [6.45, 7) is 13.3. The van der Waals surface area contributed by atoms with Crippen LogP contribution in [-0.2, 0) is 6.61 Å². The fourth-order valence-corrected chi connectivity index (χ4v) is 4.64. The molecule has 1 amide bonds. The molecule has 2 aromatic rings. The van der Waals surface area contributed by atoms with Crippen LogP contribution in [0.1, 0.15) is 36.8 Å². The van der Waals surface area contributed by atoms with Gasteiger partial charge in [-0.3, -0.25) is 4.79 Å². The summed E-state index contributed by atoms with van der Waals surface area (Å²) in [6, 6.07) is 3.76. The van der Waals surface area contributed by atoms with Gasteiger partial charge >= 0.3 is 0 Å². The first kappa shape index (κ1) is 20.8. The molecule has 0 bridgehead atoms. The van der Waals surface area contributed by atoms with Crippen molar-refractivity contribution < 1.29 is 9.90 Å². The Labute approximate surface area is 168 Å². The molecule has 0 unspecified atom stereocenters. The van der Waals surface area contributed by atoms with Crippen LogP contribution < -0.4 is 4.90 Å². The van der Waals surface area contributed by atoms with Crippen molar-refractivity contribution in [1.29, 1.82) is 0 Å². The minimum atomic E-state index is -0.196. The largest absolute Gasteiger partial charge is 0.391 e. The van der Waals surface area contributed by atoms with Crippen molar-refractivity contribution >= 4 is 51.2 Å². The van der Waals surface area contributed by atoms with E-state index in [2.05, 4.69) is 13.2 Å². The monoisotopic (exact) mass is 407 g/mol. The molecule has 0 atom stereocenters. The van der Waals surface area contributed by atoms with E-state index < -0.39 is 0 Å². The van der Waals surface area contributed by atoms with E-state index in [0.29, 0.717) is 15.5 Å². The predicted octanol–water partition coefficient (Wildman–Crippen LogP) is 5.94. The maximum Gasteiger partial charge on any atom is 0.259 e. The number of benzene rings is 1. The highest BCUT2D eigenvalue weighted by Gasteiger charge is 2.24. The highest BCUT2D eigenvalue weighted by molar-refractivity contribution is 8.11. The molecule has 1 aromatic heterocycles. The summed E-state index contributed by atoms with van der Waals surface area (Å²) in [7, 11) is 1.73. The highest BCUT2D eigenvalue weighted by atomic mass is 35.5. The summed E-state index contributed by atoms with van der Waals surface area (Å²) in [5.74, 6) is -0.181. The Morgan fingerprint density at radius 1 is 1.35 bits per heavy atom. The summed E-state index contributed by atoms with van der Waals surface area (Å²) < 4.78 is 0. The molecule has 0 radical (unpaired) electrons. The lowest BCUT2D eigenvalue weighted by Gasteiger charge is -2.23. The smallest absolute Gasteiger partial charge is 0.259 e. The van der Waals surface area contributed by atoms with Crippen LogP contribution in [0.2, 0.25) is 5.02 Å². The number of thioether (sulfide) groups is 1. The highest BCUT2D eigenvalue weighted by Crippen LogP contribution is 2.37. The minimum Gasteiger partial charge on any atom is -0.391 e. The quantitative estimate of drug-likeness (QED) is 0.643. The van der Waals surface area contributed by atoms with Crippen LogP contribution in [0, 0.1) is 20.8 Å². The van der Waals surface area contributed by atoms with Gasteiger partial charge in [-0.25, -0.2) is 0 Å². The molecule has 0 aliphatic rings. The van der Waals surface area contributed by atoms with Gasteiger partial charge in [0, 0.05) is 26.7 Å². The lowest BCUT2D eigenvalue weighted by Crippen LogP contribution is -2.28. The zero-order valence-electron chi connectivity index (χ0n) is 15.4. The lowest BCUT2D eigenvalue weighted by molar-refractivity contribution is 0.0990. The van der Waals surface area contributed by atoms with Crippen LogP contribution in [0.3, 0.4) is 0 Å². The number of rotatable bonds is 6. The Morgan fingerprint density at radius 2 is 2.00 bits per heavy atom. The Balaban J connectivity index is 2.48. The van der Waals surface area contributed by atoms with E-state index in [4.69, 9.17) is 11.6 Å². The van der Waals surface area contributed by atoms with Crippen LogP contribution >= 0.6 is 34.7 Å². The maximum atomic E-state index is 13.1. The number of anilines is 1. The SMILES string of the molecule is C=CSC(=C)c1cc(C(=O)N(C)c2c(C)cc(C)c(Cl)c2C)c(CO)s1. The van der Waals surface area contributed by atoms with Crippen molar-refractivity contribution in [1.82, 2.24) is 0 Å².